The SMILES string of the molecule is CCN1CCN(Cc2c(F)ccc(Br)c2F)C(=O)C1=O. The van der Waals surface area contributed by atoms with Gasteiger partial charge in [0.25, 0.3) is 0 Å². The molecular formula is C13H13BrF2N2O2. The summed E-state index contributed by atoms with van der Waals surface area (Å²) in [5, 5.41) is 0. The summed E-state index contributed by atoms with van der Waals surface area (Å²) in [4.78, 5) is 26.2. The van der Waals surface area contributed by atoms with Crippen LogP contribution in [-0.4, -0.2) is 41.2 Å². The fraction of sp³-hybridized carbons (Fsp3) is 0.385. The molecule has 0 saturated carbocycles. The second-order valence-corrected chi connectivity index (χ2v) is 5.29. The molecule has 2 amide bonds. The maximum Gasteiger partial charge on any atom is 0.312 e. The van der Waals surface area contributed by atoms with Crippen molar-refractivity contribution in [2.75, 3.05) is 19.6 Å². The van der Waals surface area contributed by atoms with Gasteiger partial charge in [-0.2, -0.15) is 0 Å². The summed E-state index contributed by atoms with van der Waals surface area (Å²) in [5.74, 6) is -2.83. The molecule has 1 heterocycles. The van der Waals surface area contributed by atoms with Crippen LogP contribution in [-0.2, 0) is 16.1 Å². The minimum atomic E-state index is -0.747. The van der Waals surface area contributed by atoms with Crippen LogP contribution in [0.1, 0.15) is 12.5 Å². The van der Waals surface area contributed by atoms with E-state index in [0.717, 1.165) is 6.07 Å². The fourth-order valence-corrected chi connectivity index (χ4v) is 2.44. The lowest BCUT2D eigenvalue weighted by atomic mass is 10.1. The van der Waals surface area contributed by atoms with Crippen molar-refractivity contribution in [2.24, 2.45) is 0 Å². The first-order valence-corrected chi connectivity index (χ1v) is 6.95. The Bertz CT molecular complexity index is 566. The Morgan fingerprint density at radius 1 is 1.15 bits per heavy atom. The molecule has 1 aromatic rings. The summed E-state index contributed by atoms with van der Waals surface area (Å²) in [6.45, 7) is 2.61. The number of nitrogens with zero attached hydrogens (tertiary/aromatic N) is 2. The highest BCUT2D eigenvalue weighted by Crippen LogP contribution is 2.23. The van der Waals surface area contributed by atoms with Crippen LogP contribution < -0.4 is 0 Å². The van der Waals surface area contributed by atoms with Crippen LogP contribution in [0.5, 0.6) is 0 Å². The van der Waals surface area contributed by atoms with Crippen LogP contribution in [0, 0.1) is 11.6 Å². The van der Waals surface area contributed by atoms with E-state index in [1.165, 1.54) is 15.9 Å². The number of likely N-dealkylation sites (N-methyl/N-ethyl adjacent to an activating group) is 1. The van der Waals surface area contributed by atoms with E-state index >= 15 is 0 Å². The van der Waals surface area contributed by atoms with Gasteiger partial charge in [-0.05, 0) is 35.0 Å². The minimum Gasteiger partial charge on any atom is -0.333 e. The van der Waals surface area contributed by atoms with Crippen LogP contribution in [0.2, 0.25) is 0 Å². The quantitative estimate of drug-likeness (QED) is 0.619. The number of hydrogen-bond donors (Lipinski definition) is 0. The van der Waals surface area contributed by atoms with Crippen molar-refractivity contribution in [2.45, 2.75) is 13.5 Å². The second kappa shape index (κ2) is 5.87. The topological polar surface area (TPSA) is 40.6 Å². The number of benzene rings is 1. The molecule has 2 rings (SSSR count). The predicted molar refractivity (Wildman–Crippen MR) is 71.7 cm³/mol. The molecule has 0 N–H and O–H groups in total. The fourth-order valence-electron chi connectivity index (χ4n) is 2.07. The smallest absolute Gasteiger partial charge is 0.312 e. The van der Waals surface area contributed by atoms with E-state index < -0.39 is 23.4 Å². The number of piperazine rings is 1. The average Bonchev–Trinajstić information content (AvgIpc) is 2.44. The third kappa shape index (κ3) is 2.67. The third-order valence-electron chi connectivity index (χ3n) is 3.27. The van der Waals surface area contributed by atoms with Crippen molar-refractivity contribution in [3.63, 3.8) is 0 Å². The zero-order valence-electron chi connectivity index (χ0n) is 10.8. The monoisotopic (exact) mass is 346 g/mol. The van der Waals surface area contributed by atoms with Crippen LogP contribution in [0.3, 0.4) is 0 Å². The van der Waals surface area contributed by atoms with Gasteiger partial charge >= 0.3 is 11.8 Å². The molecule has 0 radical (unpaired) electrons. The highest BCUT2D eigenvalue weighted by molar-refractivity contribution is 9.10. The molecule has 0 aromatic heterocycles. The zero-order chi connectivity index (χ0) is 14.9. The van der Waals surface area contributed by atoms with E-state index in [-0.39, 0.29) is 23.1 Å². The molecule has 1 aliphatic heterocycles. The van der Waals surface area contributed by atoms with Crippen molar-refractivity contribution in [3.05, 3.63) is 33.8 Å². The Hall–Kier alpha value is -1.50. The highest BCUT2D eigenvalue weighted by Gasteiger charge is 2.32. The summed E-state index contributed by atoms with van der Waals surface area (Å²) >= 11 is 2.97. The van der Waals surface area contributed by atoms with E-state index in [4.69, 9.17) is 0 Å². The molecule has 1 aromatic carbocycles. The zero-order valence-corrected chi connectivity index (χ0v) is 12.4. The van der Waals surface area contributed by atoms with Gasteiger partial charge in [0, 0.05) is 25.2 Å². The molecule has 1 aliphatic rings. The maximum absolute atomic E-state index is 13.9. The van der Waals surface area contributed by atoms with Crippen molar-refractivity contribution >= 4 is 27.7 Å². The van der Waals surface area contributed by atoms with E-state index in [1.54, 1.807) is 6.92 Å². The third-order valence-corrected chi connectivity index (χ3v) is 3.88. The number of rotatable bonds is 3. The molecular weight excluding hydrogens is 334 g/mol. The van der Waals surface area contributed by atoms with Crippen LogP contribution in [0.4, 0.5) is 8.78 Å². The number of hydrogen-bond acceptors (Lipinski definition) is 2. The van der Waals surface area contributed by atoms with Gasteiger partial charge in [0.15, 0.2) is 0 Å². The Labute approximate surface area is 123 Å². The average molecular weight is 347 g/mol. The molecule has 0 aliphatic carbocycles. The molecule has 7 heteroatoms. The Morgan fingerprint density at radius 3 is 2.40 bits per heavy atom. The minimum absolute atomic E-state index is 0.125. The lowest BCUT2D eigenvalue weighted by Gasteiger charge is -2.33. The first-order chi connectivity index (χ1) is 9.45. The first-order valence-electron chi connectivity index (χ1n) is 6.16. The van der Waals surface area contributed by atoms with Gasteiger partial charge in [0.1, 0.15) is 11.6 Å². The van der Waals surface area contributed by atoms with Gasteiger partial charge in [0.2, 0.25) is 0 Å². The van der Waals surface area contributed by atoms with E-state index in [9.17, 15) is 18.4 Å². The van der Waals surface area contributed by atoms with Crippen LogP contribution in [0.15, 0.2) is 16.6 Å². The standard InChI is InChI=1S/C13H13BrF2N2O2/c1-2-17-5-6-18(13(20)12(17)19)7-8-10(15)4-3-9(14)11(8)16/h3-4H,2,5-7H2,1H3. The summed E-state index contributed by atoms with van der Waals surface area (Å²) in [5.41, 5.74) is -0.217. The lowest BCUT2D eigenvalue weighted by Crippen LogP contribution is -2.53. The van der Waals surface area contributed by atoms with E-state index in [2.05, 4.69) is 15.9 Å². The maximum atomic E-state index is 13.9. The molecule has 0 spiro atoms. The van der Waals surface area contributed by atoms with Crippen molar-refractivity contribution in [1.29, 1.82) is 0 Å². The molecule has 20 heavy (non-hydrogen) atoms. The Kier molecular flexibility index (Phi) is 4.37. The number of carbonyl (C=O) groups is 2. The lowest BCUT2D eigenvalue weighted by molar-refractivity contribution is -0.156. The van der Waals surface area contributed by atoms with Crippen LogP contribution in [0.25, 0.3) is 0 Å². The molecule has 0 unspecified atom stereocenters. The Morgan fingerprint density at radius 2 is 1.75 bits per heavy atom. The Balaban J connectivity index is 2.22. The molecule has 108 valence electrons. The van der Waals surface area contributed by atoms with E-state index in [0.29, 0.717) is 13.1 Å². The molecule has 1 saturated heterocycles. The normalized spacial score (nSPS) is 16.0. The summed E-state index contributed by atoms with van der Waals surface area (Å²) < 4.78 is 27.6. The van der Waals surface area contributed by atoms with Gasteiger partial charge < -0.3 is 9.80 Å². The van der Waals surface area contributed by atoms with E-state index in [1.807, 2.05) is 0 Å². The van der Waals surface area contributed by atoms with Gasteiger partial charge in [-0.15, -0.1) is 0 Å². The molecule has 4 nitrogen and oxygen atoms in total. The summed E-state index contributed by atoms with van der Waals surface area (Å²) in [7, 11) is 0. The van der Waals surface area contributed by atoms with Gasteiger partial charge in [-0.3, -0.25) is 9.59 Å². The summed E-state index contributed by atoms with van der Waals surface area (Å²) in [6.07, 6.45) is 0. The van der Waals surface area contributed by atoms with Gasteiger partial charge in [0.05, 0.1) is 11.0 Å². The van der Waals surface area contributed by atoms with Gasteiger partial charge in [-0.1, -0.05) is 0 Å². The highest BCUT2D eigenvalue weighted by atomic mass is 79.9. The van der Waals surface area contributed by atoms with Crippen molar-refractivity contribution in [3.8, 4) is 0 Å². The summed E-state index contributed by atoms with van der Waals surface area (Å²) in [6, 6.07) is 2.38. The van der Waals surface area contributed by atoms with Gasteiger partial charge in [-0.25, -0.2) is 8.78 Å². The largest absolute Gasteiger partial charge is 0.333 e. The first kappa shape index (κ1) is 14.9. The second-order valence-electron chi connectivity index (χ2n) is 4.43. The molecule has 0 bridgehead atoms. The number of carbonyl (C=O) groups excluding carboxylic acids is 2. The molecule has 1 fully saturated rings. The predicted octanol–water partition coefficient (Wildman–Crippen LogP) is 1.92. The number of amides is 2. The van der Waals surface area contributed by atoms with Crippen LogP contribution >= 0.6 is 15.9 Å². The molecule has 0 atom stereocenters. The van der Waals surface area contributed by atoms with Crippen molar-refractivity contribution in [1.82, 2.24) is 9.80 Å². The van der Waals surface area contributed by atoms with Crippen molar-refractivity contribution < 1.29 is 18.4 Å². The number of halogens is 3.